The van der Waals surface area contributed by atoms with Gasteiger partial charge in [0, 0.05) is 31.8 Å². The first kappa shape index (κ1) is 15.9. The summed E-state index contributed by atoms with van der Waals surface area (Å²) in [5.74, 6) is 0.0229. The standard InChI is InChI=1S/C14H19BrN4O2/c1-9-11(10(2)18(3)17-9)7-13(20)14-12(15)8-16-19(14)5-6-21-4/h8H,5-7H2,1-4H3. The maximum atomic E-state index is 12.6. The van der Waals surface area contributed by atoms with Crippen molar-refractivity contribution in [3.8, 4) is 0 Å². The molecule has 0 fully saturated rings. The number of ether oxygens (including phenoxy) is 1. The molecule has 0 unspecified atom stereocenters. The van der Waals surface area contributed by atoms with Crippen LogP contribution in [0.2, 0.25) is 0 Å². The molecule has 0 aliphatic heterocycles. The van der Waals surface area contributed by atoms with Crippen molar-refractivity contribution < 1.29 is 9.53 Å². The zero-order valence-corrected chi connectivity index (χ0v) is 14.3. The fourth-order valence-corrected chi connectivity index (χ4v) is 2.82. The van der Waals surface area contributed by atoms with Gasteiger partial charge in [-0.25, -0.2) is 0 Å². The van der Waals surface area contributed by atoms with Crippen molar-refractivity contribution in [3.63, 3.8) is 0 Å². The van der Waals surface area contributed by atoms with Gasteiger partial charge in [0.2, 0.25) is 0 Å². The van der Waals surface area contributed by atoms with Gasteiger partial charge in [-0.15, -0.1) is 0 Å². The van der Waals surface area contributed by atoms with E-state index in [0.717, 1.165) is 17.0 Å². The first-order valence-electron chi connectivity index (χ1n) is 6.68. The van der Waals surface area contributed by atoms with Gasteiger partial charge in [0.1, 0.15) is 5.69 Å². The number of methoxy groups -OCH3 is 1. The molecule has 6 nitrogen and oxygen atoms in total. The summed E-state index contributed by atoms with van der Waals surface area (Å²) in [7, 11) is 3.51. The van der Waals surface area contributed by atoms with Crippen LogP contribution in [0.15, 0.2) is 10.7 Å². The molecule has 2 heterocycles. The van der Waals surface area contributed by atoms with Crippen LogP contribution in [0.1, 0.15) is 27.4 Å². The van der Waals surface area contributed by atoms with Crippen LogP contribution in [-0.4, -0.2) is 39.1 Å². The Morgan fingerprint density at radius 2 is 2.14 bits per heavy atom. The molecule has 7 heteroatoms. The minimum atomic E-state index is 0.0229. The van der Waals surface area contributed by atoms with Crippen molar-refractivity contribution in [2.24, 2.45) is 7.05 Å². The third-order valence-corrected chi connectivity index (χ3v) is 4.14. The fourth-order valence-electron chi connectivity index (χ4n) is 2.30. The summed E-state index contributed by atoms with van der Waals surface area (Å²) in [6.45, 7) is 4.96. The first-order valence-corrected chi connectivity index (χ1v) is 7.47. The maximum absolute atomic E-state index is 12.6. The molecule has 114 valence electrons. The van der Waals surface area contributed by atoms with Crippen molar-refractivity contribution in [1.29, 1.82) is 0 Å². The van der Waals surface area contributed by atoms with Crippen LogP contribution in [0.25, 0.3) is 0 Å². The van der Waals surface area contributed by atoms with Crippen molar-refractivity contribution in [2.75, 3.05) is 13.7 Å². The Balaban J connectivity index is 2.26. The first-order chi connectivity index (χ1) is 9.95. The van der Waals surface area contributed by atoms with Crippen LogP contribution in [0.4, 0.5) is 0 Å². The highest BCUT2D eigenvalue weighted by Gasteiger charge is 2.20. The molecular formula is C14H19BrN4O2. The Morgan fingerprint density at radius 3 is 2.71 bits per heavy atom. The van der Waals surface area contributed by atoms with Gasteiger partial charge >= 0.3 is 0 Å². The van der Waals surface area contributed by atoms with E-state index in [1.165, 1.54) is 0 Å². The van der Waals surface area contributed by atoms with Gasteiger partial charge in [0.05, 0.1) is 29.5 Å². The average molecular weight is 355 g/mol. The summed E-state index contributed by atoms with van der Waals surface area (Å²) in [6.07, 6.45) is 1.97. The van der Waals surface area contributed by atoms with Gasteiger partial charge in [-0.05, 0) is 29.8 Å². The second-order valence-electron chi connectivity index (χ2n) is 4.93. The molecule has 2 aromatic rings. The predicted octanol–water partition coefficient (Wildman–Crippen LogP) is 2.07. The molecule has 0 radical (unpaired) electrons. The number of Topliss-reactive ketones (excluding diaryl/α,β-unsaturated/α-hetero) is 1. The van der Waals surface area contributed by atoms with E-state index in [1.807, 2.05) is 20.9 Å². The van der Waals surface area contributed by atoms with Gasteiger partial charge in [-0.2, -0.15) is 10.2 Å². The van der Waals surface area contributed by atoms with Crippen LogP contribution in [0.5, 0.6) is 0 Å². The predicted molar refractivity (Wildman–Crippen MR) is 82.5 cm³/mol. The SMILES string of the molecule is COCCn1ncc(Br)c1C(=O)Cc1c(C)nn(C)c1C. The molecule has 0 bridgehead atoms. The lowest BCUT2D eigenvalue weighted by Crippen LogP contribution is -2.16. The Kier molecular flexibility index (Phi) is 4.95. The summed E-state index contributed by atoms with van der Waals surface area (Å²) in [6, 6.07) is 0. The summed E-state index contributed by atoms with van der Waals surface area (Å²) in [5, 5.41) is 8.56. The van der Waals surface area contributed by atoms with Crippen LogP contribution in [0.3, 0.4) is 0 Å². The Morgan fingerprint density at radius 1 is 1.43 bits per heavy atom. The normalized spacial score (nSPS) is 11.1. The van der Waals surface area contributed by atoms with E-state index < -0.39 is 0 Å². The second-order valence-corrected chi connectivity index (χ2v) is 5.78. The molecule has 0 aromatic carbocycles. The topological polar surface area (TPSA) is 61.9 Å². The number of nitrogens with zero attached hydrogens (tertiary/aromatic N) is 4. The van der Waals surface area contributed by atoms with E-state index in [4.69, 9.17) is 4.74 Å². The van der Waals surface area contributed by atoms with Gasteiger partial charge in [-0.1, -0.05) is 0 Å². The van der Waals surface area contributed by atoms with Crippen LogP contribution >= 0.6 is 15.9 Å². The van der Waals surface area contributed by atoms with E-state index in [2.05, 4.69) is 26.1 Å². The van der Waals surface area contributed by atoms with Crippen molar-refractivity contribution in [1.82, 2.24) is 19.6 Å². The number of carbonyl (C=O) groups is 1. The second kappa shape index (κ2) is 6.53. The minimum absolute atomic E-state index is 0.0229. The molecule has 2 aromatic heterocycles. The molecule has 0 atom stereocenters. The lowest BCUT2D eigenvalue weighted by molar-refractivity contribution is 0.0977. The number of hydrogen-bond acceptors (Lipinski definition) is 4. The zero-order valence-electron chi connectivity index (χ0n) is 12.7. The fraction of sp³-hybridized carbons (Fsp3) is 0.500. The van der Waals surface area contributed by atoms with E-state index >= 15 is 0 Å². The molecule has 21 heavy (non-hydrogen) atoms. The van der Waals surface area contributed by atoms with Gasteiger partial charge in [-0.3, -0.25) is 14.2 Å². The van der Waals surface area contributed by atoms with Crippen molar-refractivity contribution in [3.05, 3.63) is 33.3 Å². The molecule has 0 saturated carbocycles. The highest BCUT2D eigenvalue weighted by atomic mass is 79.9. The number of halogens is 1. The van der Waals surface area contributed by atoms with Gasteiger partial charge in [0.15, 0.2) is 5.78 Å². The summed E-state index contributed by atoms with van der Waals surface area (Å²) in [4.78, 5) is 12.6. The Labute approximate surface area is 132 Å². The Hall–Kier alpha value is -1.47. The third-order valence-electron chi connectivity index (χ3n) is 3.56. The Bertz CT molecular complexity index is 660. The van der Waals surface area contributed by atoms with E-state index in [9.17, 15) is 4.79 Å². The van der Waals surface area contributed by atoms with Crippen LogP contribution in [-0.2, 0) is 24.8 Å². The quantitative estimate of drug-likeness (QED) is 0.745. The van der Waals surface area contributed by atoms with E-state index in [-0.39, 0.29) is 5.78 Å². The molecule has 0 N–H and O–H groups in total. The average Bonchev–Trinajstić information content (AvgIpc) is 2.91. The zero-order chi connectivity index (χ0) is 15.6. The maximum Gasteiger partial charge on any atom is 0.186 e. The number of aryl methyl sites for hydroxylation is 2. The lowest BCUT2D eigenvalue weighted by Gasteiger charge is -2.07. The lowest BCUT2D eigenvalue weighted by atomic mass is 10.1. The molecular weight excluding hydrogens is 336 g/mol. The molecule has 0 aliphatic carbocycles. The molecule has 0 spiro atoms. The van der Waals surface area contributed by atoms with Gasteiger partial charge < -0.3 is 4.74 Å². The number of rotatable bonds is 6. The number of ketones is 1. The van der Waals surface area contributed by atoms with Crippen molar-refractivity contribution >= 4 is 21.7 Å². The van der Waals surface area contributed by atoms with Crippen molar-refractivity contribution in [2.45, 2.75) is 26.8 Å². The highest BCUT2D eigenvalue weighted by molar-refractivity contribution is 9.10. The van der Waals surface area contributed by atoms with Crippen LogP contribution < -0.4 is 0 Å². The summed E-state index contributed by atoms with van der Waals surface area (Å²) >= 11 is 3.40. The number of carbonyl (C=O) groups excluding carboxylic acids is 1. The molecule has 2 rings (SSSR count). The molecule has 0 aliphatic rings. The molecule has 0 saturated heterocycles. The third kappa shape index (κ3) is 3.24. The number of hydrogen-bond donors (Lipinski definition) is 0. The highest BCUT2D eigenvalue weighted by Crippen LogP contribution is 2.20. The van der Waals surface area contributed by atoms with E-state index in [1.54, 1.807) is 22.7 Å². The smallest absolute Gasteiger partial charge is 0.186 e. The number of aromatic nitrogens is 4. The molecule has 0 amide bonds. The summed E-state index contributed by atoms with van der Waals surface area (Å²) in [5.41, 5.74) is 3.46. The monoisotopic (exact) mass is 354 g/mol. The van der Waals surface area contributed by atoms with Crippen LogP contribution in [0, 0.1) is 13.8 Å². The van der Waals surface area contributed by atoms with E-state index in [0.29, 0.717) is 29.7 Å². The largest absolute Gasteiger partial charge is 0.383 e. The minimum Gasteiger partial charge on any atom is -0.383 e. The van der Waals surface area contributed by atoms with Gasteiger partial charge in [0.25, 0.3) is 0 Å². The summed E-state index contributed by atoms with van der Waals surface area (Å²) < 4.78 is 9.24.